The van der Waals surface area contributed by atoms with Gasteiger partial charge in [-0.3, -0.25) is 0 Å². The van der Waals surface area contributed by atoms with Crippen LogP contribution in [0.2, 0.25) is 15.1 Å². The first-order chi connectivity index (χ1) is 8.08. The van der Waals surface area contributed by atoms with E-state index >= 15 is 0 Å². The van der Waals surface area contributed by atoms with Crippen molar-refractivity contribution in [1.82, 2.24) is 0 Å². The lowest BCUT2D eigenvalue weighted by Crippen LogP contribution is -2.13. The predicted molar refractivity (Wildman–Crippen MR) is 79.2 cm³/mol. The Morgan fingerprint density at radius 2 is 1.82 bits per heavy atom. The zero-order valence-electron chi connectivity index (χ0n) is 9.55. The molecule has 1 nitrogen and oxygen atoms in total. The Balaban J connectivity index is 2.68. The first-order valence-corrected chi connectivity index (χ1v) is 7.23. The topological polar surface area (TPSA) is 9.23 Å². The molecule has 0 saturated heterocycles. The third-order valence-electron chi connectivity index (χ3n) is 2.38. The zero-order valence-corrected chi connectivity index (χ0v) is 12.7. The number of ether oxygens (including phenoxy) is 1. The van der Waals surface area contributed by atoms with Crippen LogP contribution in [-0.2, 0) is 0 Å². The van der Waals surface area contributed by atoms with Crippen molar-refractivity contribution in [2.24, 2.45) is 5.92 Å². The molecule has 1 aromatic rings. The third-order valence-corrected chi connectivity index (χ3v) is 3.68. The Hall–Kier alpha value is 0.240. The standard InChI is InChI=1S/C12H15Cl3OS/c1-2-3-8(7-17)6-16-12-10(14)4-9(13)5-11(12)15/h4-5,8,17H,2-3,6-7H2,1H3. The van der Waals surface area contributed by atoms with Crippen molar-refractivity contribution < 1.29 is 4.74 Å². The van der Waals surface area contributed by atoms with Crippen molar-refractivity contribution in [3.05, 3.63) is 27.2 Å². The van der Waals surface area contributed by atoms with Crippen LogP contribution in [0.15, 0.2) is 12.1 Å². The number of hydrogen-bond acceptors (Lipinski definition) is 2. The average molecular weight is 314 g/mol. The van der Waals surface area contributed by atoms with Gasteiger partial charge in [0.25, 0.3) is 0 Å². The van der Waals surface area contributed by atoms with E-state index in [-0.39, 0.29) is 0 Å². The van der Waals surface area contributed by atoms with Gasteiger partial charge < -0.3 is 4.74 Å². The van der Waals surface area contributed by atoms with Crippen LogP contribution >= 0.6 is 47.4 Å². The fraction of sp³-hybridized carbons (Fsp3) is 0.500. The van der Waals surface area contributed by atoms with Crippen molar-refractivity contribution in [2.45, 2.75) is 19.8 Å². The van der Waals surface area contributed by atoms with E-state index in [9.17, 15) is 0 Å². The molecule has 17 heavy (non-hydrogen) atoms. The minimum atomic E-state index is 0.408. The number of halogens is 3. The summed E-state index contributed by atoms with van der Waals surface area (Å²) in [5.74, 6) is 1.70. The second-order valence-corrected chi connectivity index (χ2v) is 5.46. The molecular weight excluding hydrogens is 299 g/mol. The molecule has 0 N–H and O–H groups in total. The highest BCUT2D eigenvalue weighted by Crippen LogP contribution is 2.36. The van der Waals surface area contributed by atoms with E-state index in [1.807, 2.05) is 0 Å². The van der Waals surface area contributed by atoms with Gasteiger partial charge >= 0.3 is 0 Å². The molecule has 0 amide bonds. The van der Waals surface area contributed by atoms with Gasteiger partial charge in [0.1, 0.15) is 0 Å². The summed E-state index contributed by atoms with van der Waals surface area (Å²) in [6.07, 6.45) is 2.18. The fourth-order valence-electron chi connectivity index (χ4n) is 1.50. The molecule has 0 bridgehead atoms. The fourth-order valence-corrected chi connectivity index (χ4v) is 2.72. The molecule has 1 rings (SSSR count). The molecule has 0 saturated carbocycles. The average Bonchev–Trinajstić information content (AvgIpc) is 2.26. The Bertz CT molecular complexity index is 348. The van der Waals surface area contributed by atoms with Crippen LogP contribution < -0.4 is 4.74 Å². The first-order valence-electron chi connectivity index (χ1n) is 5.46. The first kappa shape index (κ1) is 15.3. The molecule has 1 aromatic carbocycles. The summed E-state index contributed by atoms with van der Waals surface area (Å²) in [6.45, 7) is 2.71. The molecule has 0 radical (unpaired) electrons. The van der Waals surface area contributed by atoms with Gasteiger partial charge in [0.2, 0.25) is 0 Å². The maximum atomic E-state index is 6.03. The maximum Gasteiger partial charge on any atom is 0.156 e. The smallest absolute Gasteiger partial charge is 0.156 e. The summed E-state index contributed by atoms with van der Waals surface area (Å²) >= 11 is 22.2. The van der Waals surface area contributed by atoms with Crippen LogP contribution in [-0.4, -0.2) is 12.4 Å². The molecule has 1 unspecified atom stereocenters. The summed E-state index contributed by atoms with van der Waals surface area (Å²) < 4.78 is 5.66. The summed E-state index contributed by atoms with van der Waals surface area (Å²) in [4.78, 5) is 0. The summed E-state index contributed by atoms with van der Waals surface area (Å²) in [6, 6.07) is 3.25. The molecule has 96 valence electrons. The highest BCUT2D eigenvalue weighted by atomic mass is 35.5. The lowest BCUT2D eigenvalue weighted by molar-refractivity contribution is 0.255. The van der Waals surface area contributed by atoms with Gasteiger partial charge in [0.15, 0.2) is 5.75 Å². The quantitative estimate of drug-likeness (QED) is 0.694. The van der Waals surface area contributed by atoms with E-state index in [2.05, 4.69) is 19.6 Å². The highest BCUT2D eigenvalue weighted by molar-refractivity contribution is 7.80. The van der Waals surface area contributed by atoms with Crippen LogP contribution in [0.25, 0.3) is 0 Å². The number of thiol groups is 1. The summed E-state index contributed by atoms with van der Waals surface area (Å²) in [5, 5.41) is 1.39. The summed E-state index contributed by atoms with van der Waals surface area (Å²) in [5.41, 5.74) is 0. The van der Waals surface area contributed by atoms with Gasteiger partial charge in [-0.15, -0.1) is 0 Å². The lowest BCUT2D eigenvalue weighted by atomic mass is 10.1. The monoisotopic (exact) mass is 312 g/mol. The summed E-state index contributed by atoms with van der Waals surface area (Å²) in [7, 11) is 0. The number of rotatable bonds is 6. The van der Waals surface area contributed by atoms with E-state index in [1.54, 1.807) is 12.1 Å². The van der Waals surface area contributed by atoms with Crippen LogP contribution in [0, 0.1) is 5.92 Å². The van der Waals surface area contributed by atoms with Crippen LogP contribution in [0.1, 0.15) is 19.8 Å². The second-order valence-electron chi connectivity index (χ2n) is 3.85. The SMILES string of the molecule is CCCC(CS)COc1c(Cl)cc(Cl)cc1Cl. The largest absolute Gasteiger partial charge is 0.490 e. The maximum absolute atomic E-state index is 6.03. The highest BCUT2D eigenvalue weighted by Gasteiger charge is 2.12. The van der Waals surface area contributed by atoms with Gasteiger partial charge in [0.05, 0.1) is 16.7 Å². The molecule has 0 aromatic heterocycles. The Morgan fingerprint density at radius 3 is 2.29 bits per heavy atom. The molecule has 0 aliphatic heterocycles. The van der Waals surface area contributed by atoms with Gasteiger partial charge in [-0.2, -0.15) is 12.6 Å². The van der Waals surface area contributed by atoms with Gasteiger partial charge in [-0.1, -0.05) is 48.1 Å². The van der Waals surface area contributed by atoms with E-state index in [0.29, 0.717) is 33.3 Å². The molecule has 0 aliphatic rings. The molecular formula is C12H15Cl3OS. The molecule has 0 spiro atoms. The molecule has 0 fully saturated rings. The van der Waals surface area contributed by atoms with Crippen molar-refractivity contribution in [1.29, 1.82) is 0 Å². The number of benzene rings is 1. The van der Waals surface area contributed by atoms with E-state index in [4.69, 9.17) is 39.5 Å². The van der Waals surface area contributed by atoms with Gasteiger partial charge in [0, 0.05) is 10.9 Å². The Kier molecular flexibility index (Phi) is 6.86. The normalized spacial score (nSPS) is 12.5. The minimum absolute atomic E-state index is 0.408. The van der Waals surface area contributed by atoms with E-state index in [1.165, 1.54) is 0 Å². The van der Waals surface area contributed by atoms with Crippen LogP contribution in [0.4, 0.5) is 0 Å². The van der Waals surface area contributed by atoms with Crippen molar-refractivity contribution in [3.63, 3.8) is 0 Å². The van der Waals surface area contributed by atoms with Crippen molar-refractivity contribution >= 4 is 47.4 Å². The third kappa shape index (κ3) is 4.78. The molecule has 5 heteroatoms. The molecule has 0 aliphatic carbocycles. The Morgan fingerprint density at radius 1 is 1.24 bits per heavy atom. The van der Waals surface area contributed by atoms with E-state index < -0.39 is 0 Å². The van der Waals surface area contributed by atoms with Gasteiger partial charge in [-0.25, -0.2) is 0 Å². The molecule has 1 atom stereocenters. The number of hydrogen-bond donors (Lipinski definition) is 1. The van der Waals surface area contributed by atoms with Crippen LogP contribution in [0.5, 0.6) is 5.75 Å². The van der Waals surface area contributed by atoms with Crippen molar-refractivity contribution in [3.8, 4) is 5.75 Å². The second kappa shape index (κ2) is 7.63. The molecule has 0 heterocycles. The zero-order chi connectivity index (χ0) is 12.8. The lowest BCUT2D eigenvalue weighted by Gasteiger charge is -2.16. The van der Waals surface area contributed by atoms with E-state index in [0.717, 1.165) is 18.6 Å². The predicted octanol–water partition coefficient (Wildman–Crippen LogP) is 5.37. The van der Waals surface area contributed by atoms with Crippen molar-refractivity contribution in [2.75, 3.05) is 12.4 Å². The van der Waals surface area contributed by atoms with Crippen LogP contribution in [0.3, 0.4) is 0 Å². The van der Waals surface area contributed by atoms with Gasteiger partial charge in [-0.05, 0) is 24.3 Å². The minimum Gasteiger partial charge on any atom is -0.490 e. The Labute approximate surface area is 123 Å².